The van der Waals surface area contributed by atoms with Crippen molar-refractivity contribution in [3.05, 3.63) is 40.5 Å². The van der Waals surface area contributed by atoms with Gasteiger partial charge in [0, 0.05) is 10.9 Å². The minimum atomic E-state index is -0.392. The molecule has 1 heterocycles. The predicted molar refractivity (Wildman–Crippen MR) is 80.2 cm³/mol. The Hall–Kier alpha value is -2.08. The molecule has 1 amide bonds. The van der Waals surface area contributed by atoms with Gasteiger partial charge in [-0.25, -0.2) is 0 Å². The van der Waals surface area contributed by atoms with Crippen molar-refractivity contribution in [3.63, 3.8) is 0 Å². The number of aromatic nitrogens is 2. The van der Waals surface area contributed by atoms with E-state index in [2.05, 4.69) is 15.5 Å². The fourth-order valence-corrected chi connectivity index (χ4v) is 2.30. The number of carbonyl (C=O) groups excluding carboxylic acids is 1. The first-order valence-corrected chi connectivity index (χ1v) is 7.44. The fraction of sp³-hybridized carbons (Fsp3) is 0.400. The maximum Gasteiger partial charge on any atom is 0.255 e. The van der Waals surface area contributed by atoms with E-state index in [0.29, 0.717) is 28.1 Å². The summed E-state index contributed by atoms with van der Waals surface area (Å²) in [6.07, 6.45) is 2.19. The summed E-state index contributed by atoms with van der Waals surface area (Å²) in [4.78, 5) is 16.7. The Bertz CT molecular complexity index is 697. The van der Waals surface area contributed by atoms with E-state index in [-0.39, 0.29) is 5.91 Å². The number of amides is 1. The average molecular weight is 322 g/mol. The van der Waals surface area contributed by atoms with Gasteiger partial charge in [0.05, 0.1) is 12.7 Å². The second-order valence-electron chi connectivity index (χ2n) is 5.30. The van der Waals surface area contributed by atoms with Crippen LogP contribution in [0.25, 0.3) is 0 Å². The molecule has 6 nitrogen and oxygen atoms in total. The summed E-state index contributed by atoms with van der Waals surface area (Å²) in [6.45, 7) is 1.79. The van der Waals surface area contributed by atoms with Gasteiger partial charge in [-0.2, -0.15) is 4.98 Å². The van der Waals surface area contributed by atoms with Crippen molar-refractivity contribution >= 4 is 17.5 Å². The van der Waals surface area contributed by atoms with E-state index in [0.717, 1.165) is 18.7 Å². The van der Waals surface area contributed by atoms with Crippen LogP contribution in [-0.2, 0) is 0 Å². The Morgan fingerprint density at radius 2 is 2.27 bits per heavy atom. The molecule has 0 spiro atoms. The molecule has 2 aromatic rings. The van der Waals surface area contributed by atoms with Gasteiger partial charge < -0.3 is 14.6 Å². The zero-order valence-electron chi connectivity index (χ0n) is 12.3. The minimum absolute atomic E-state index is 0.307. The van der Waals surface area contributed by atoms with E-state index >= 15 is 0 Å². The van der Waals surface area contributed by atoms with Crippen molar-refractivity contribution in [2.45, 2.75) is 31.7 Å². The molecule has 22 heavy (non-hydrogen) atoms. The largest absolute Gasteiger partial charge is 0.496 e. The third-order valence-corrected chi connectivity index (χ3v) is 3.76. The molecule has 1 saturated carbocycles. The molecule has 0 unspecified atom stereocenters. The highest BCUT2D eigenvalue weighted by molar-refractivity contribution is 6.31. The molecule has 1 aromatic carbocycles. The first-order chi connectivity index (χ1) is 10.6. The lowest BCUT2D eigenvalue weighted by atomic mass is 10.1. The van der Waals surface area contributed by atoms with Crippen LogP contribution in [0.15, 0.2) is 22.7 Å². The lowest BCUT2D eigenvalue weighted by Gasteiger charge is -2.12. The molecule has 1 aliphatic rings. The third kappa shape index (κ3) is 3.06. The van der Waals surface area contributed by atoms with Crippen LogP contribution in [0.5, 0.6) is 5.75 Å². The number of hydrogen-bond acceptors (Lipinski definition) is 5. The summed E-state index contributed by atoms with van der Waals surface area (Å²) in [5.41, 5.74) is 0.365. The van der Waals surface area contributed by atoms with Gasteiger partial charge in [0.1, 0.15) is 11.8 Å². The molecule has 1 aromatic heterocycles. The quantitative estimate of drug-likeness (QED) is 0.915. The first kappa shape index (κ1) is 14.8. The number of methoxy groups -OCH3 is 1. The number of nitrogens with zero attached hydrogens (tertiary/aromatic N) is 2. The Kier molecular flexibility index (Phi) is 4.02. The van der Waals surface area contributed by atoms with E-state index in [1.807, 2.05) is 0 Å². The lowest BCUT2D eigenvalue weighted by Crippen LogP contribution is -2.27. The molecular formula is C15H16ClN3O3. The summed E-state index contributed by atoms with van der Waals surface area (Å²) < 4.78 is 10.4. The second kappa shape index (κ2) is 5.96. The van der Waals surface area contributed by atoms with E-state index in [4.69, 9.17) is 20.9 Å². The van der Waals surface area contributed by atoms with Crippen molar-refractivity contribution < 1.29 is 14.1 Å². The Balaban J connectivity index is 1.73. The van der Waals surface area contributed by atoms with Crippen LogP contribution in [0.1, 0.15) is 53.8 Å². The number of ether oxygens (including phenoxy) is 1. The molecular weight excluding hydrogens is 306 g/mol. The van der Waals surface area contributed by atoms with Crippen molar-refractivity contribution in [2.75, 3.05) is 7.11 Å². The van der Waals surface area contributed by atoms with Gasteiger partial charge in [-0.05, 0) is 38.0 Å². The van der Waals surface area contributed by atoms with Crippen molar-refractivity contribution in [1.29, 1.82) is 0 Å². The molecule has 116 valence electrons. The number of halogens is 1. The van der Waals surface area contributed by atoms with Gasteiger partial charge in [0.15, 0.2) is 5.82 Å². The molecule has 7 heteroatoms. The van der Waals surface area contributed by atoms with E-state index in [9.17, 15) is 4.79 Å². The lowest BCUT2D eigenvalue weighted by molar-refractivity contribution is 0.0929. The third-order valence-electron chi connectivity index (χ3n) is 3.52. The molecule has 1 atom stereocenters. The van der Waals surface area contributed by atoms with Crippen LogP contribution in [-0.4, -0.2) is 23.2 Å². The van der Waals surface area contributed by atoms with Gasteiger partial charge in [-0.3, -0.25) is 4.79 Å². The van der Waals surface area contributed by atoms with Crippen LogP contribution < -0.4 is 10.1 Å². The van der Waals surface area contributed by atoms with Gasteiger partial charge in [0.2, 0.25) is 5.89 Å². The van der Waals surface area contributed by atoms with Crippen LogP contribution >= 0.6 is 11.6 Å². The van der Waals surface area contributed by atoms with Crippen molar-refractivity contribution in [3.8, 4) is 5.75 Å². The normalized spacial score (nSPS) is 15.4. The van der Waals surface area contributed by atoms with E-state index < -0.39 is 6.04 Å². The molecule has 0 bridgehead atoms. The molecule has 0 saturated heterocycles. The zero-order chi connectivity index (χ0) is 15.7. The Morgan fingerprint density at radius 3 is 2.95 bits per heavy atom. The van der Waals surface area contributed by atoms with Crippen LogP contribution in [0.2, 0.25) is 5.02 Å². The SMILES string of the molecule is COc1ccc(Cl)cc1C(=O)N[C@H](C)c1nc(C2CC2)no1. The minimum Gasteiger partial charge on any atom is -0.496 e. The molecule has 1 aliphatic carbocycles. The summed E-state index contributed by atoms with van der Waals surface area (Å²) >= 11 is 5.94. The highest BCUT2D eigenvalue weighted by Gasteiger charge is 2.30. The molecule has 0 aliphatic heterocycles. The van der Waals surface area contributed by atoms with Gasteiger partial charge in [-0.15, -0.1) is 0 Å². The maximum atomic E-state index is 12.4. The fourth-order valence-electron chi connectivity index (χ4n) is 2.12. The second-order valence-corrected chi connectivity index (χ2v) is 5.74. The summed E-state index contributed by atoms with van der Waals surface area (Å²) in [7, 11) is 1.50. The van der Waals surface area contributed by atoms with Gasteiger partial charge in [0.25, 0.3) is 5.91 Å². The predicted octanol–water partition coefficient (Wildman–Crippen LogP) is 3.10. The monoisotopic (exact) mass is 321 g/mol. The number of benzene rings is 1. The first-order valence-electron chi connectivity index (χ1n) is 7.06. The van der Waals surface area contributed by atoms with Crippen LogP contribution in [0.4, 0.5) is 0 Å². The zero-order valence-corrected chi connectivity index (χ0v) is 13.1. The van der Waals surface area contributed by atoms with E-state index in [1.54, 1.807) is 25.1 Å². The maximum absolute atomic E-state index is 12.4. The number of rotatable bonds is 5. The Labute approximate surface area is 132 Å². The molecule has 3 rings (SSSR count). The van der Waals surface area contributed by atoms with Crippen molar-refractivity contribution in [1.82, 2.24) is 15.5 Å². The van der Waals surface area contributed by atoms with Gasteiger partial charge in [-0.1, -0.05) is 16.8 Å². The van der Waals surface area contributed by atoms with Crippen LogP contribution in [0.3, 0.4) is 0 Å². The molecule has 1 N–H and O–H groups in total. The van der Waals surface area contributed by atoms with Gasteiger partial charge >= 0.3 is 0 Å². The van der Waals surface area contributed by atoms with E-state index in [1.165, 1.54) is 7.11 Å². The highest BCUT2D eigenvalue weighted by atomic mass is 35.5. The topological polar surface area (TPSA) is 77.2 Å². The van der Waals surface area contributed by atoms with Crippen molar-refractivity contribution in [2.24, 2.45) is 0 Å². The number of nitrogens with one attached hydrogen (secondary N) is 1. The standard InChI is InChI=1S/C15H16ClN3O3/c1-8(15-18-13(19-22-15)9-3-4-9)17-14(20)11-7-10(16)5-6-12(11)21-2/h5-9H,3-4H2,1-2H3,(H,17,20)/t8-/m1/s1. The summed E-state index contributed by atoms with van der Waals surface area (Å²) in [6, 6.07) is 4.49. The molecule has 0 radical (unpaired) electrons. The number of carbonyl (C=O) groups is 1. The summed E-state index contributed by atoms with van der Waals surface area (Å²) in [5, 5.41) is 7.22. The Morgan fingerprint density at radius 1 is 1.50 bits per heavy atom. The molecule has 1 fully saturated rings. The average Bonchev–Trinajstić information content (AvgIpc) is 3.24. The smallest absolute Gasteiger partial charge is 0.255 e. The summed E-state index contributed by atoms with van der Waals surface area (Å²) in [5.74, 6) is 1.68. The van der Waals surface area contributed by atoms with Crippen LogP contribution in [0, 0.1) is 0 Å². The number of hydrogen-bond donors (Lipinski definition) is 1. The highest BCUT2D eigenvalue weighted by Crippen LogP contribution is 2.38.